The molecule has 0 aromatic heterocycles. The number of ether oxygens (including phenoxy) is 2. The highest BCUT2D eigenvalue weighted by Crippen LogP contribution is 2.11. The van der Waals surface area contributed by atoms with Crippen LogP contribution in [0, 0.1) is 11.8 Å². The summed E-state index contributed by atoms with van der Waals surface area (Å²) in [7, 11) is 1.64. The molecule has 0 aliphatic rings. The Hall–Kier alpha value is -1.99. The molecule has 0 radical (unpaired) electrons. The van der Waals surface area contributed by atoms with E-state index in [0.717, 1.165) is 11.3 Å². The van der Waals surface area contributed by atoms with Gasteiger partial charge in [0.05, 0.1) is 13.2 Å². The largest absolute Gasteiger partial charge is 0.491 e. The van der Waals surface area contributed by atoms with Crippen LogP contribution in [-0.2, 0) is 9.53 Å². The Morgan fingerprint density at radius 1 is 1.28 bits per heavy atom. The minimum absolute atomic E-state index is 0.0776. The van der Waals surface area contributed by atoms with Gasteiger partial charge in [-0.1, -0.05) is 11.8 Å². The summed E-state index contributed by atoms with van der Waals surface area (Å²) in [6, 6.07) is 7.47. The van der Waals surface area contributed by atoms with Crippen LogP contribution in [0.3, 0.4) is 0 Å². The van der Waals surface area contributed by atoms with Gasteiger partial charge >= 0.3 is 0 Å². The number of nitrogens with one attached hydrogen (secondary N) is 1. The molecule has 0 saturated heterocycles. The van der Waals surface area contributed by atoms with Crippen LogP contribution in [0.1, 0.15) is 12.5 Å². The van der Waals surface area contributed by atoms with E-state index in [9.17, 15) is 4.79 Å². The summed E-state index contributed by atoms with van der Waals surface area (Å²) < 4.78 is 10.3. The standard InChI is InChI=1S/C14H17NO3/c1-12(16)15-9-3-4-13-5-7-14(8-6-13)18-11-10-17-2/h5-8H,9-11H2,1-2H3,(H,15,16). The monoisotopic (exact) mass is 247 g/mol. The maximum atomic E-state index is 10.6. The van der Waals surface area contributed by atoms with Crippen molar-refractivity contribution >= 4 is 5.91 Å². The second kappa shape index (κ2) is 8.15. The van der Waals surface area contributed by atoms with Crippen molar-refractivity contribution in [3.63, 3.8) is 0 Å². The molecule has 0 aliphatic carbocycles. The van der Waals surface area contributed by atoms with Gasteiger partial charge in [0.15, 0.2) is 0 Å². The molecule has 1 amide bonds. The molecular weight excluding hydrogens is 230 g/mol. The van der Waals surface area contributed by atoms with Crippen molar-refractivity contribution in [2.24, 2.45) is 0 Å². The first-order valence-corrected chi connectivity index (χ1v) is 5.67. The van der Waals surface area contributed by atoms with Crippen LogP contribution in [0.4, 0.5) is 0 Å². The van der Waals surface area contributed by atoms with Crippen LogP contribution in [0.25, 0.3) is 0 Å². The molecule has 0 bridgehead atoms. The predicted molar refractivity (Wildman–Crippen MR) is 69.4 cm³/mol. The van der Waals surface area contributed by atoms with Crippen LogP contribution in [0.15, 0.2) is 24.3 Å². The molecule has 0 atom stereocenters. The third kappa shape index (κ3) is 5.92. The molecule has 0 aliphatic heterocycles. The van der Waals surface area contributed by atoms with E-state index in [4.69, 9.17) is 9.47 Å². The SMILES string of the molecule is COCCOc1ccc(C#CCNC(C)=O)cc1. The first-order valence-electron chi connectivity index (χ1n) is 5.67. The fraction of sp³-hybridized carbons (Fsp3) is 0.357. The highest BCUT2D eigenvalue weighted by atomic mass is 16.5. The van der Waals surface area contributed by atoms with Gasteiger partial charge in [0, 0.05) is 19.6 Å². The molecule has 1 N–H and O–H groups in total. The summed E-state index contributed by atoms with van der Waals surface area (Å²) in [5, 5.41) is 2.61. The smallest absolute Gasteiger partial charge is 0.217 e. The maximum absolute atomic E-state index is 10.6. The van der Waals surface area contributed by atoms with Crippen molar-refractivity contribution in [3.05, 3.63) is 29.8 Å². The highest BCUT2D eigenvalue weighted by molar-refractivity contribution is 5.73. The summed E-state index contributed by atoms with van der Waals surface area (Å²) >= 11 is 0. The number of hydrogen-bond donors (Lipinski definition) is 1. The van der Waals surface area contributed by atoms with Crippen LogP contribution in [0.5, 0.6) is 5.75 Å². The van der Waals surface area contributed by atoms with Gasteiger partial charge in [0.25, 0.3) is 0 Å². The quantitative estimate of drug-likeness (QED) is 0.628. The summed E-state index contributed by atoms with van der Waals surface area (Å²) in [5.41, 5.74) is 0.888. The molecular formula is C14H17NO3. The molecule has 0 fully saturated rings. The summed E-state index contributed by atoms with van der Waals surface area (Å²) in [5.74, 6) is 6.53. The lowest BCUT2D eigenvalue weighted by molar-refractivity contribution is -0.118. The van der Waals surface area contributed by atoms with Crippen LogP contribution in [0.2, 0.25) is 0 Å². The predicted octanol–water partition coefficient (Wildman–Crippen LogP) is 1.20. The van der Waals surface area contributed by atoms with Crippen molar-refractivity contribution in [2.45, 2.75) is 6.92 Å². The summed E-state index contributed by atoms with van der Waals surface area (Å²) in [4.78, 5) is 10.6. The fourth-order valence-electron chi connectivity index (χ4n) is 1.19. The van der Waals surface area contributed by atoms with Crippen molar-refractivity contribution in [1.29, 1.82) is 0 Å². The Labute approximate surface area is 107 Å². The Morgan fingerprint density at radius 2 is 2.00 bits per heavy atom. The van der Waals surface area contributed by atoms with E-state index in [2.05, 4.69) is 17.2 Å². The van der Waals surface area contributed by atoms with Gasteiger partial charge in [-0.2, -0.15) is 0 Å². The number of methoxy groups -OCH3 is 1. The lowest BCUT2D eigenvalue weighted by atomic mass is 10.2. The molecule has 1 rings (SSSR count). The van der Waals surface area contributed by atoms with Gasteiger partial charge in [-0.05, 0) is 24.3 Å². The molecule has 1 aromatic rings. The number of benzene rings is 1. The second-order valence-electron chi connectivity index (χ2n) is 3.58. The van der Waals surface area contributed by atoms with Crippen molar-refractivity contribution in [1.82, 2.24) is 5.32 Å². The molecule has 96 valence electrons. The Bertz CT molecular complexity index is 429. The van der Waals surface area contributed by atoms with Gasteiger partial charge in [-0.15, -0.1) is 0 Å². The van der Waals surface area contributed by atoms with E-state index in [1.807, 2.05) is 24.3 Å². The first-order chi connectivity index (χ1) is 8.72. The van der Waals surface area contributed by atoms with E-state index in [1.54, 1.807) is 7.11 Å². The molecule has 18 heavy (non-hydrogen) atoms. The Morgan fingerprint density at radius 3 is 2.61 bits per heavy atom. The molecule has 4 nitrogen and oxygen atoms in total. The summed E-state index contributed by atoms with van der Waals surface area (Å²) in [6.45, 7) is 2.93. The third-order valence-corrected chi connectivity index (χ3v) is 2.07. The van der Waals surface area contributed by atoms with Crippen molar-refractivity contribution < 1.29 is 14.3 Å². The molecule has 0 saturated carbocycles. The maximum Gasteiger partial charge on any atom is 0.217 e. The number of carbonyl (C=O) groups is 1. The average molecular weight is 247 g/mol. The lowest BCUT2D eigenvalue weighted by Crippen LogP contribution is -2.19. The number of rotatable bonds is 5. The molecule has 0 spiro atoms. The zero-order valence-corrected chi connectivity index (χ0v) is 10.7. The van der Waals surface area contributed by atoms with Crippen molar-refractivity contribution in [2.75, 3.05) is 26.9 Å². The Kier molecular flexibility index (Phi) is 6.37. The van der Waals surface area contributed by atoms with E-state index in [0.29, 0.717) is 19.8 Å². The van der Waals surface area contributed by atoms with E-state index in [1.165, 1.54) is 6.92 Å². The van der Waals surface area contributed by atoms with Gasteiger partial charge in [-0.3, -0.25) is 4.79 Å². The average Bonchev–Trinajstić information content (AvgIpc) is 2.36. The van der Waals surface area contributed by atoms with Gasteiger partial charge in [0.1, 0.15) is 12.4 Å². The Balaban J connectivity index is 2.42. The molecule has 4 heteroatoms. The zero-order valence-electron chi connectivity index (χ0n) is 10.7. The molecule has 0 unspecified atom stereocenters. The first kappa shape index (κ1) is 14.1. The minimum atomic E-state index is -0.0776. The fourth-order valence-corrected chi connectivity index (χ4v) is 1.19. The van der Waals surface area contributed by atoms with E-state index >= 15 is 0 Å². The van der Waals surface area contributed by atoms with E-state index in [-0.39, 0.29) is 5.91 Å². The van der Waals surface area contributed by atoms with Gasteiger partial charge < -0.3 is 14.8 Å². The zero-order chi connectivity index (χ0) is 13.2. The number of amides is 1. The van der Waals surface area contributed by atoms with Gasteiger partial charge in [-0.25, -0.2) is 0 Å². The lowest BCUT2D eigenvalue weighted by Gasteiger charge is -2.04. The molecule has 0 heterocycles. The molecule has 1 aromatic carbocycles. The second-order valence-corrected chi connectivity index (χ2v) is 3.58. The van der Waals surface area contributed by atoms with Gasteiger partial charge in [0.2, 0.25) is 5.91 Å². The van der Waals surface area contributed by atoms with Crippen molar-refractivity contribution in [3.8, 4) is 17.6 Å². The minimum Gasteiger partial charge on any atom is -0.491 e. The topological polar surface area (TPSA) is 47.6 Å². The van der Waals surface area contributed by atoms with Crippen LogP contribution in [-0.4, -0.2) is 32.8 Å². The van der Waals surface area contributed by atoms with E-state index < -0.39 is 0 Å². The van der Waals surface area contributed by atoms with Crippen LogP contribution >= 0.6 is 0 Å². The van der Waals surface area contributed by atoms with Crippen LogP contribution < -0.4 is 10.1 Å². The number of hydrogen-bond acceptors (Lipinski definition) is 3. The third-order valence-electron chi connectivity index (χ3n) is 2.07. The highest BCUT2D eigenvalue weighted by Gasteiger charge is 1.93. The summed E-state index contributed by atoms with van der Waals surface area (Å²) in [6.07, 6.45) is 0. The number of carbonyl (C=O) groups excluding carboxylic acids is 1. The normalized spacial score (nSPS) is 9.22.